The van der Waals surface area contributed by atoms with Crippen LogP contribution in [0.2, 0.25) is 0 Å². The Balaban J connectivity index is 2.13. The average Bonchev–Trinajstić information content (AvgIpc) is 2.42. The Bertz CT molecular complexity index is 401. The van der Waals surface area contributed by atoms with Crippen molar-refractivity contribution >= 4 is 5.91 Å². The van der Waals surface area contributed by atoms with Gasteiger partial charge in [0.2, 0.25) is 5.91 Å². The second kappa shape index (κ2) is 4.56. The molecule has 0 heterocycles. The molecule has 0 aliphatic heterocycles. The van der Waals surface area contributed by atoms with E-state index in [1.165, 1.54) is 5.56 Å². The number of fused-ring (bicyclic) bond motifs is 1. The van der Waals surface area contributed by atoms with E-state index in [1.807, 2.05) is 6.07 Å². The van der Waals surface area contributed by atoms with Gasteiger partial charge in [0.05, 0.1) is 0 Å². The molecule has 1 aliphatic carbocycles. The molecule has 0 fully saturated rings. The third-order valence-corrected chi connectivity index (χ3v) is 3.16. The van der Waals surface area contributed by atoms with Crippen LogP contribution < -0.4 is 5.32 Å². The lowest BCUT2D eigenvalue weighted by Crippen LogP contribution is -2.33. The van der Waals surface area contributed by atoms with Gasteiger partial charge in [0.15, 0.2) is 0 Å². The number of aryl methyl sites for hydroxylation is 1. The van der Waals surface area contributed by atoms with Crippen LogP contribution in [0.3, 0.4) is 0 Å². The molecule has 0 bridgehead atoms. The fraction of sp³-hybridized carbons (Fsp3) is 0.462. The fourth-order valence-electron chi connectivity index (χ4n) is 2.37. The highest BCUT2D eigenvalue weighted by Gasteiger charge is 2.18. The first kappa shape index (κ1) is 11.0. The predicted molar refractivity (Wildman–Crippen MR) is 62.4 cm³/mol. The highest BCUT2D eigenvalue weighted by atomic mass is 16.3. The van der Waals surface area contributed by atoms with Crippen LogP contribution in [0.15, 0.2) is 18.2 Å². The summed E-state index contributed by atoms with van der Waals surface area (Å²) in [6, 6.07) is 5.92. The summed E-state index contributed by atoms with van der Waals surface area (Å²) < 4.78 is 0. The van der Waals surface area contributed by atoms with Crippen molar-refractivity contribution in [3.8, 4) is 5.75 Å². The van der Waals surface area contributed by atoms with E-state index in [-0.39, 0.29) is 11.9 Å². The van der Waals surface area contributed by atoms with Crippen LogP contribution in [0.1, 0.15) is 30.9 Å². The van der Waals surface area contributed by atoms with E-state index in [9.17, 15) is 9.90 Å². The average molecular weight is 219 g/mol. The number of rotatable bonds is 1. The molecule has 0 saturated carbocycles. The molecule has 1 amide bonds. The van der Waals surface area contributed by atoms with Crippen LogP contribution in [-0.4, -0.2) is 17.1 Å². The lowest BCUT2D eigenvalue weighted by Gasteiger charge is -2.14. The summed E-state index contributed by atoms with van der Waals surface area (Å²) in [6.45, 7) is 1.55. The van der Waals surface area contributed by atoms with Crippen molar-refractivity contribution in [1.29, 1.82) is 0 Å². The lowest BCUT2D eigenvalue weighted by atomic mass is 10.0. The molecule has 16 heavy (non-hydrogen) atoms. The van der Waals surface area contributed by atoms with Crippen molar-refractivity contribution in [1.82, 2.24) is 5.32 Å². The molecular weight excluding hydrogens is 202 g/mol. The van der Waals surface area contributed by atoms with Crippen LogP contribution in [-0.2, 0) is 17.6 Å². The summed E-state index contributed by atoms with van der Waals surface area (Å²) in [4.78, 5) is 11.0. The SMILES string of the molecule is CC(=O)NC1CCc2cccc(O)c2CC1. The van der Waals surface area contributed by atoms with Gasteiger partial charge in [-0.3, -0.25) is 4.79 Å². The molecule has 1 aromatic carbocycles. The van der Waals surface area contributed by atoms with Gasteiger partial charge in [-0.05, 0) is 42.9 Å². The Morgan fingerprint density at radius 2 is 2.12 bits per heavy atom. The minimum absolute atomic E-state index is 0.0279. The molecule has 3 nitrogen and oxygen atoms in total. The molecule has 0 saturated heterocycles. The summed E-state index contributed by atoms with van der Waals surface area (Å²) in [5, 5.41) is 12.7. The number of aromatic hydroxyl groups is 1. The summed E-state index contributed by atoms with van der Waals surface area (Å²) >= 11 is 0. The first-order valence-corrected chi connectivity index (χ1v) is 5.73. The Morgan fingerprint density at radius 1 is 1.38 bits per heavy atom. The van der Waals surface area contributed by atoms with Crippen LogP contribution in [0.4, 0.5) is 0 Å². The van der Waals surface area contributed by atoms with Crippen molar-refractivity contribution in [3.05, 3.63) is 29.3 Å². The number of carbonyl (C=O) groups excluding carboxylic acids is 1. The number of phenols is 1. The van der Waals surface area contributed by atoms with E-state index in [2.05, 4.69) is 11.4 Å². The number of benzene rings is 1. The number of hydrogen-bond acceptors (Lipinski definition) is 2. The van der Waals surface area contributed by atoms with Crippen LogP contribution in [0.5, 0.6) is 5.75 Å². The number of amides is 1. The molecular formula is C13H17NO2. The number of nitrogens with one attached hydrogen (secondary N) is 1. The summed E-state index contributed by atoms with van der Waals surface area (Å²) in [5.41, 5.74) is 2.27. The molecule has 2 N–H and O–H groups in total. The lowest BCUT2D eigenvalue weighted by molar-refractivity contribution is -0.119. The van der Waals surface area contributed by atoms with E-state index in [0.717, 1.165) is 31.2 Å². The molecule has 86 valence electrons. The Hall–Kier alpha value is -1.51. The topological polar surface area (TPSA) is 49.3 Å². The largest absolute Gasteiger partial charge is 0.508 e. The van der Waals surface area contributed by atoms with E-state index in [0.29, 0.717) is 5.75 Å². The summed E-state index contributed by atoms with van der Waals surface area (Å²) in [5.74, 6) is 0.418. The molecule has 1 aliphatic rings. The van der Waals surface area contributed by atoms with Gasteiger partial charge in [-0.15, -0.1) is 0 Å². The van der Waals surface area contributed by atoms with Crippen molar-refractivity contribution in [3.63, 3.8) is 0 Å². The molecule has 0 spiro atoms. The molecule has 3 heteroatoms. The number of carbonyl (C=O) groups is 1. The van der Waals surface area contributed by atoms with E-state index in [1.54, 1.807) is 13.0 Å². The van der Waals surface area contributed by atoms with Gasteiger partial charge in [0, 0.05) is 13.0 Å². The van der Waals surface area contributed by atoms with Crippen LogP contribution in [0.25, 0.3) is 0 Å². The second-order valence-corrected chi connectivity index (χ2v) is 4.39. The summed E-state index contributed by atoms with van der Waals surface area (Å²) in [6.07, 6.45) is 3.63. The minimum atomic E-state index is 0.0279. The normalized spacial score (nSPS) is 19.7. The minimum Gasteiger partial charge on any atom is -0.508 e. The van der Waals surface area contributed by atoms with Crippen molar-refractivity contribution in [2.75, 3.05) is 0 Å². The zero-order chi connectivity index (χ0) is 11.5. The molecule has 0 radical (unpaired) electrons. The van der Waals surface area contributed by atoms with Crippen molar-refractivity contribution < 1.29 is 9.90 Å². The third kappa shape index (κ3) is 2.35. The van der Waals surface area contributed by atoms with E-state index in [4.69, 9.17) is 0 Å². The number of phenolic OH excluding ortho intramolecular Hbond substituents is 1. The van der Waals surface area contributed by atoms with Gasteiger partial charge in [-0.25, -0.2) is 0 Å². The van der Waals surface area contributed by atoms with Gasteiger partial charge in [-0.2, -0.15) is 0 Å². The van der Waals surface area contributed by atoms with Gasteiger partial charge in [0.1, 0.15) is 5.75 Å². The van der Waals surface area contributed by atoms with E-state index >= 15 is 0 Å². The maximum Gasteiger partial charge on any atom is 0.217 e. The summed E-state index contributed by atoms with van der Waals surface area (Å²) in [7, 11) is 0. The highest BCUT2D eigenvalue weighted by molar-refractivity contribution is 5.73. The van der Waals surface area contributed by atoms with E-state index < -0.39 is 0 Å². The first-order chi connectivity index (χ1) is 7.66. The maximum absolute atomic E-state index is 11.0. The van der Waals surface area contributed by atoms with Crippen LogP contribution in [0, 0.1) is 0 Å². The van der Waals surface area contributed by atoms with Gasteiger partial charge >= 0.3 is 0 Å². The van der Waals surface area contributed by atoms with Gasteiger partial charge in [0.25, 0.3) is 0 Å². The monoisotopic (exact) mass is 219 g/mol. The maximum atomic E-state index is 11.0. The molecule has 0 aromatic heterocycles. The quantitative estimate of drug-likeness (QED) is 0.707. The molecule has 1 atom stereocenters. The van der Waals surface area contributed by atoms with Crippen molar-refractivity contribution in [2.24, 2.45) is 0 Å². The molecule has 1 unspecified atom stereocenters. The zero-order valence-electron chi connectivity index (χ0n) is 9.49. The zero-order valence-corrected chi connectivity index (χ0v) is 9.49. The Kier molecular flexibility index (Phi) is 3.13. The molecule has 1 aromatic rings. The highest BCUT2D eigenvalue weighted by Crippen LogP contribution is 2.27. The van der Waals surface area contributed by atoms with Gasteiger partial charge in [-0.1, -0.05) is 12.1 Å². The van der Waals surface area contributed by atoms with Crippen molar-refractivity contribution in [2.45, 2.75) is 38.6 Å². The first-order valence-electron chi connectivity index (χ1n) is 5.73. The van der Waals surface area contributed by atoms with Crippen LogP contribution >= 0.6 is 0 Å². The Morgan fingerprint density at radius 3 is 2.88 bits per heavy atom. The van der Waals surface area contributed by atoms with Gasteiger partial charge < -0.3 is 10.4 Å². The second-order valence-electron chi connectivity index (χ2n) is 4.39. The predicted octanol–water partition coefficient (Wildman–Crippen LogP) is 1.78. The Labute approximate surface area is 95.5 Å². The fourth-order valence-corrected chi connectivity index (χ4v) is 2.37. The smallest absolute Gasteiger partial charge is 0.217 e. The third-order valence-electron chi connectivity index (χ3n) is 3.16. The standard InChI is InChI=1S/C13H17NO2/c1-9(15)14-11-6-5-10-3-2-4-13(16)12(10)8-7-11/h2-4,11,16H,5-8H2,1H3,(H,14,15). The number of hydrogen-bond donors (Lipinski definition) is 2. The molecule has 2 rings (SSSR count).